The largest absolute Gasteiger partial charge is 0.507 e. The Bertz CT molecular complexity index is 1240. The zero-order valence-corrected chi connectivity index (χ0v) is 18.6. The molecule has 166 valence electrons. The van der Waals surface area contributed by atoms with Crippen LogP contribution in [0.25, 0.3) is 16.7 Å². The van der Waals surface area contributed by atoms with E-state index in [0.717, 1.165) is 22.2 Å². The second-order valence-corrected chi connectivity index (χ2v) is 7.77. The highest BCUT2D eigenvalue weighted by atomic mass is 16.5. The van der Waals surface area contributed by atoms with Crippen molar-refractivity contribution in [1.82, 2.24) is 9.88 Å². The maximum absolute atomic E-state index is 13.2. The first-order valence-electron chi connectivity index (χ1n) is 10.5. The van der Waals surface area contributed by atoms with Gasteiger partial charge in [-0.1, -0.05) is 25.1 Å². The van der Waals surface area contributed by atoms with Crippen LogP contribution in [0.15, 0.2) is 48.0 Å². The lowest BCUT2D eigenvalue weighted by molar-refractivity contribution is -0.139. The number of nitrogens with one attached hydrogen (secondary N) is 1. The minimum absolute atomic E-state index is 0.0443. The summed E-state index contributed by atoms with van der Waals surface area (Å²) in [6.45, 7) is 4.25. The number of aliphatic hydroxyl groups excluding tert-OH is 1. The summed E-state index contributed by atoms with van der Waals surface area (Å²) in [5.41, 5.74) is 2.88. The number of aromatic amines is 1. The maximum Gasteiger partial charge on any atom is 0.295 e. The van der Waals surface area contributed by atoms with Crippen molar-refractivity contribution in [3.05, 3.63) is 64.9 Å². The van der Waals surface area contributed by atoms with Crippen LogP contribution in [0, 0.1) is 6.92 Å². The van der Waals surface area contributed by atoms with Crippen LogP contribution in [0.3, 0.4) is 0 Å². The number of H-pyrrole nitrogens is 1. The van der Waals surface area contributed by atoms with Gasteiger partial charge in [-0.3, -0.25) is 9.59 Å². The van der Waals surface area contributed by atoms with Gasteiger partial charge in [-0.05, 0) is 37.6 Å². The van der Waals surface area contributed by atoms with E-state index < -0.39 is 17.7 Å². The second kappa shape index (κ2) is 8.42. The summed E-state index contributed by atoms with van der Waals surface area (Å²) in [5, 5.41) is 12.3. The lowest BCUT2D eigenvalue weighted by atomic mass is 9.93. The molecule has 2 heterocycles. The molecule has 32 heavy (non-hydrogen) atoms. The van der Waals surface area contributed by atoms with E-state index in [2.05, 4.69) is 4.98 Å². The first-order chi connectivity index (χ1) is 15.4. The molecule has 1 aromatic heterocycles. The smallest absolute Gasteiger partial charge is 0.295 e. The predicted octanol–water partition coefficient (Wildman–Crippen LogP) is 4.33. The maximum atomic E-state index is 13.2. The van der Waals surface area contributed by atoms with Crippen molar-refractivity contribution in [2.24, 2.45) is 0 Å². The number of rotatable bonds is 6. The predicted molar refractivity (Wildman–Crippen MR) is 122 cm³/mol. The molecule has 3 aromatic rings. The molecule has 1 atom stereocenters. The molecule has 0 radical (unpaired) electrons. The van der Waals surface area contributed by atoms with E-state index in [1.165, 1.54) is 14.2 Å². The number of methoxy groups -OCH3 is 2. The molecule has 0 aliphatic carbocycles. The third-order valence-corrected chi connectivity index (χ3v) is 5.88. The molecule has 4 rings (SSSR count). The summed E-state index contributed by atoms with van der Waals surface area (Å²) in [7, 11) is 3.00. The number of ether oxygens (including phenoxy) is 2. The molecule has 1 fully saturated rings. The van der Waals surface area contributed by atoms with Crippen LogP contribution >= 0.6 is 0 Å². The van der Waals surface area contributed by atoms with Crippen LogP contribution < -0.4 is 9.47 Å². The standard InChI is InChI=1S/C25H26N2O5/c1-5-12-27-22(20-14(2)26-18-9-7-6-8-16(18)20)21(24(29)25(27)30)23(28)17-13-15(31-3)10-11-19(17)32-4/h6-11,13,22,26,28H,5,12H2,1-4H3/b23-21+. The number of para-hydroxylation sites is 1. The van der Waals surface area contributed by atoms with Gasteiger partial charge >= 0.3 is 0 Å². The number of aromatic nitrogens is 1. The average Bonchev–Trinajstić information content (AvgIpc) is 3.26. The summed E-state index contributed by atoms with van der Waals surface area (Å²) in [4.78, 5) is 31.1. The van der Waals surface area contributed by atoms with Gasteiger partial charge in [0.1, 0.15) is 17.3 Å². The van der Waals surface area contributed by atoms with Crippen LogP contribution in [0.2, 0.25) is 0 Å². The van der Waals surface area contributed by atoms with E-state index in [0.29, 0.717) is 30.0 Å². The highest BCUT2D eigenvalue weighted by Crippen LogP contribution is 2.44. The number of aryl methyl sites for hydroxylation is 1. The van der Waals surface area contributed by atoms with E-state index in [9.17, 15) is 14.7 Å². The molecule has 2 aromatic carbocycles. The number of amides is 1. The summed E-state index contributed by atoms with van der Waals surface area (Å²) < 4.78 is 10.7. The number of likely N-dealkylation sites (tertiary alicyclic amines) is 1. The van der Waals surface area contributed by atoms with Crippen molar-refractivity contribution >= 4 is 28.4 Å². The van der Waals surface area contributed by atoms with Crippen molar-refractivity contribution in [1.29, 1.82) is 0 Å². The fraction of sp³-hybridized carbons (Fsp3) is 0.280. The molecule has 7 heteroatoms. The number of hydrogen-bond donors (Lipinski definition) is 2. The molecular formula is C25H26N2O5. The highest BCUT2D eigenvalue weighted by Gasteiger charge is 2.47. The van der Waals surface area contributed by atoms with Gasteiger partial charge in [0.05, 0.1) is 31.4 Å². The van der Waals surface area contributed by atoms with Gasteiger partial charge in [0.2, 0.25) is 0 Å². The molecule has 1 saturated heterocycles. The lowest BCUT2D eigenvalue weighted by Crippen LogP contribution is -2.30. The van der Waals surface area contributed by atoms with E-state index in [1.807, 2.05) is 38.1 Å². The van der Waals surface area contributed by atoms with Gasteiger partial charge in [0.25, 0.3) is 11.7 Å². The molecule has 1 unspecified atom stereocenters. The summed E-state index contributed by atoms with van der Waals surface area (Å²) in [6.07, 6.45) is 0.674. The molecular weight excluding hydrogens is 408 g/mol. The molecule has 0 bridgehead atoms. The third kappa shape index (κ3) is 3.30. The Morgan fingerprint density at radius 2 is 1.88 bits per heavy atom. The monoisotopic (exact) mass is 434 g/mol. The molecule has 2 N–H and O–H groups in total. The minimum Gasteiger partial charge on any atom is -0.507 e. The zero-order valence-electron chi connectivity index (χ0n) is 18.6. The SMILES string of the molecule is CCCN1C(=O)C(=O)/C(=C(/O)c2cc(OC)ccc2OC)C1c1c(C)[nH]c2ccccc12. The van der Waals surface area contributed by atoms with Crippen LogP contribution in [-0.2, 0) is 9.59 Å². The summed E-state index contributed by atoms with van der Waals surface area (Å²) in [5.74, 6) is -0.748. The van der Waals surface area contributed by atoms with Crippen LogP contribution in [0.1, 0.15) is 36.2 Å². The van der Waals surface area contributed by atoms with E-state index >= 15 is 0 Å². The van der Waals surface area contributed by atoms with Crippen molar-refractivity contribution in [2.75, 3.05) is 20.8 Å². The molecule has 1 amide bonds. The number of ketones is 1. The normalized spacial score (nSPS) is 17.9. The highest BCUT2D eigenvalue weighted by molar-refractivity contribution is 6.46. The number of nitrogens with zero attached hydrogens (tertiary/aromatic N) is 1. The Morgan fingerprint density at radius 1 is 1.12 bits per heavy atom. The molecule has 0 spiro atoms. The first-order valence-corrected chi connectivity index (χ1v) is 10.5. The summed E-state index contributed by atoms with van der Waals surface area (Å²) in [6, 6.07) is 12.0. The fourth-order valence-electron chi connectivity index (χ4n) is 4.45. The van der Waals surface area contributed by atoms with Gasteiger partial charge in [0, 0.05) is 28.7 Å². The average molecular weight is 434 g/mol. The summed E-state index contributed by atoms with van der Waals surface area (Å²) >= 11 is 0. The second-order valence-electron chi connectivity index (χ2n) is 7.77. The Hall–Kier alpha value is -3.74. The molecule has 1 aliphatic heterocycles. The van der Waals surface area contributed by atoms with Gasteiger partial charge in [-0.25, -0.2) is 0 Å². The number of carbonyl (C=O) groups excluding carboxylic acids is 2. The quantitative estimate of drug-likeness (QED) is 0.342. The zero-order chi connectivity index (χ0) is 23.0. The van der Waals surface area contributed by atoms with Gasteiger partial charge < -0.3 is 24.5 Å². The van der Waals surface area contributed by atoms with Crippen molar-refractivity contribution in [2.45, 2.75) is 26.3 Å². The van der Waals surface area contributed by atoms with Crippen LogP contribution in [0.5, 0.6) is 11.5 Å². The van der Waals surface area contributed by atoms with Crippen molar-refractivity contribution < 1.29 is 24.2 Å². The first kappa shape index (κ1) is 21.5. The third-order valence-electron chi connectivity index (χ3n) is 5.88. The molecule has 1 aliphatic rings. The van der Waals surface area contributed by atoms with Gasteiger partial charge in [-0.2, -0.15) is 0 Å². The lowest BCUT2D eigenvalue weighted by Gasteiger charge is -2.25. The Balaban J connectivity index is 2.02. The van der Waals surface area contributed by atoms with Crippen LogP contribution in [-0.4, -0.2) is 47.4 Å². The van der Waals surface area contributed by atoms with E-state index in [1.54, 1.807) is 23.1 Å². The topological polar surface area (TPSA) is 91.9 Å². The number of aliphatic hydroxyl groups is 1. The van der Waals surface area contributed by atoms with Gasteiger partial charge in [-0.15, -0.1) is 0 Å². The molecule has 0 saturated carbocycles. The van der Waals surface area contributed by atoms with Crippen LogP contribution in [0.4, 0.5) is 0 Å². The van der Waals surface area contributed by atoms with Crippen molar-refractivity contribution in [3.63, 3.8) is 0 Å². The fourth-order valence-corrected chi connectivity index (χ4v) is 4.45. The number of carbonyl (C=O) groups is 2. The minimum atomic E-state index is -0.720. The van der Waals surface area contributed by atoms with E-state index in [4.69, 9.17) is 9.47 Å². The van der Waals surface area contributed by atoms with E-state index in [-0.39, 0.29) is 11.3 Å². The number of hydrogen-bond acceptors (Lipinski definition) is 5. The Labute approximate surface area is 186 Å². The Morgan fingerprint density at radius 3 is 2.56 bits per heavy atom. The number of benzene rings is 2. The number of fused-ring (bicyclic) bond motifs is 1. The number of Topliss-reactive ketones (excluding diaryl/α,β-unsaturated/α-hetero) is 1. The molecule has 7 nitrogen and oxygen atoms in total. The van der Waals surface area contributed by atoms with Crippen molar-refractivity contribution in [3.8, 4) is 11.5 Å². The Kier molecular flexibility index (Phi) is 5.65. The van der Waals surface area contributed by atoms with Gasteiger partial charge in [0.15, 0.2) is 0 Å².